The van der Waals surface area contributed by atoms with E-state index < -0.39 is 0 Å². The molecule has 0 saturated carbocycles. The van der Waals surface area contributed by atoms with Crippen molar-refractivity contribution in [2.45, 2.75) is 62.4 Å². The van der Waals surface area contributed by atoms with E-state index in [1.807, 2.05) is 12.1 Å². The maximum absolute atomic E-state index is 12.5. The van der Waals surface area contributed by atoms with Gasteiger partial charge in [0.15, 0.2) is 0 Å². The van der Waals surface area contributed by atoms with Gasteiger partial charge in [0.05, 0.1) is 35.9 Å². The molecule has 1 aromatic carbocycles. The Balaban J connectivity index is 1.35. The van der Waals surface area contributed by atoms with Crippen molar-refractivity contribution in [3.63, 3.8) is 0 Å². The normalized spacial score (nSPS) is 25.7. The van der Waals surface area contributed by atoms with Crippen molar-refractivity contribution in [1.29, 1.82) is 5.26 Å². The van der Waals surface area contributed by atoms with E-state index in [1.165, 1.54) is 12.5 Å². The Hall–Kier alpha value is -3.35. The number of nitriles is 1. The highest BCUT2D eigenvalue weighted by Crippen LogP contribution is 2.50. The zero-order valence-electron chi connectivity index (χ0n) is 23.6. The van der Waals surface area contributed by atoms with Crippen molar-refractivity contribution < 1.29 is 14.3 Å². The first-order valence-electron chi connectivity index (χ1n) is 14.6. The van der Waals surface area contributed by atoms with Gasteiger partial charge in [0.25, 0.3) is 0 Å². The van der Waals surface area contributed by atoms with Crippen LogP contribution in [0.5, 0.6) is 11.8 Å². The average Bonchev–Trinajstić information content (AvgIpc) is 3.40. The Bertz CT molecular complexity index is 1380. The first kappa shape index (κ1) is 27.8. The standard InChI is InChI=1S/C31H37ClN6O3/c1-3-27(39)38-16-15-37(19-21(38)10-13-33)29-23-9-11-31(12-17-40-28-24(31)7-4-8-25(28)32)18-26(23)34-30(35-29)41-20-22-6-5-14-36(22)2/h3-4,7-8,21-22H,1,5-6,9-12,14-20H2,2H3/t21-,22-,31?/m0/s1. The molecule has 4 aliphatic rings. The second kappa shape index (κ2) is 11.5. The van der Waals surface area contributed by atoms with Crippen molar-refractivity contribution >= 4 is 23.3 Å². The number of likely N-dealkylation sites (tertiary alicyclic amines) is 1. The van der Waals surface area contributed by atoms with Crippen molar-refractivity contribution in [2.24, 2.45) is 0 Å². The predicted octanol–water partition coefficient (Wildman–Crippen LogP) is 3.93. The number of piperazine rings is 1. The van der Waals surface area contributed by atoms with Crippen LogP contribution in [0.3, 0.4) is 0 Å². The van der Waals surface area contributed by atoms with Crippen LogP contribution in [0, 0.1) is 11.3 Å². The van der Waals surface area contributed by atoms with Crippen LogP contribution in [-0.2, 0) is 23.1 Å². The summed E-state index contributed by atoms with van der Waals surface area (Å²) < 4.78 is 12.3. The van der Waals surface area contributed by atoms with Gasteiger partial charge in [-0.25, -0.2) is 0 Å². The van der Waals surface area contributed by atoms with Gasteiger partial charge in [0, 0.05) is 48.6 Å². The summed E-state index contributed by atoms with van der Waals surface area (Å²) in [6.45, 7) is 7.55. The Labute approximate surface area is 246 Å². The SMILES string of the molecule is C=CC(=O)N1CCN(c2nc(OC[C@@H]3CCCN3C)nc3c2CCC2(CCOc4c(Cl)cccc42)C3)C[C@@H]1CC#N. The van der Waals surface area contributed by atoms with E-state index in [0.29, 0.717) is 49.9 Å². The second-order valence-electron chi connectivity index (χ2n) is 11.7. The van der Waals surface area contributed by atoms with E-state index in [9.17, 15) is 10.1 Å². The summed E-state index contributed by atoms with van der Waals surface area (Å²) in [4.78, 5) is 28.9. The lowest BCUT2D eigenvalue weighted by Crippen LogP contribution is -2.55. The zero-order chi connectivity index (χ0) is 28.6. The maximum Gasteiger partial charge on any atom is 0.318 e. The third-order valence-electron chi connectivity index (χ3n) is 9.42. The van der Waals surface area contributed by atoms with Crippen molar-refractivity contribution in [3.8, 4) is 17.8 Å². The summed E-state index contributed by atoms with van der Waals surface area (Å²) in [5, 5.41) is 10.2. The summed E-state index contributed by atoms with van der Waals surface area (Å²) in [6.07, 6.45) is 7.26. The number of hydrogen-bond acceptors (Lipinski definition) is 8. The Morgan fingerprint density at radius 2 is 2.17 bits per heavy atom. The highest BCUT2D eigenvalue weighted by Gasteiger charge is 2.43. The number of carbonyl (C=O) groups excluding carboxylic acids is 1. The minimum atomic E-state index is -0.235. The molecule has 0 N–H and O–H groups in total. The number of likely N-dealkylation sites (N-methyl/N-ethyl adjacent to an activating group) is 1. The molecule has 0 bridgehead atoms. The highest BCUT2D eigenvalue weighted by molar-refractivity contribution is 6.32. The van der Waals surface area contributed by atoms with E-state index in [2.05, 4.69) is 35.6 Å². The van der Waals surface area contributed by atoms with Crippen LogP contribution in [0.15, 0.2) is 30.9 Å². The fourth-order valence-corrected chi connectivity index (χ4v) is 7.32. The number of rotatable bonds is 6. The first-order chi connectivity index (χ1) is 19.9. The fourth-order valence-electron chi connectivity index (χ4n) is 7.09. The number of amides is 1. The van der Waals surface area contributed by atoms with Gasteiger partial charge in [-0.2, -0.15) is 15.2 Å². The van der Waals surface area contributed by atoms with Gasteiger partial charge in [-0.05, 0) is 57.8 Å². The number of anilines is 1. The van der Waals surface area contributed by atoms with Crippen LogP contribution in [0.2, 0.25) is 5.02 Å². The Morgan fingerprint density at radius 3 is 2.95 bits per heavy atom. The summed E-state index contributed by atoms with van der Waals surface area (Å²) >= 11 is 6.56. The molecule has 10 heteroatoms. The van der Waals surface area contributed by atoms with Crippen LogP contribution in [0.1, 0.15) is 48.9 Å². The monoisotopic (exact) mass is 576 g/mol. The summed E-state index contributed by atoms with van der Waals surface area (Å²) in [5.41, 5.74) is 3.18. The van der Waals surface area contributed by atoms with Crippen LogP contribution in [0.25, 0.3) is 0 Å². The lowest BCUT2D eigenvalue weighted by Gasteiger charge is -2.44. The van der Waals surface area contributed by atoms with Crippen LogP contribution < -0.4 is 14.4 Å². The molecule has 2 aromatic rings. The summed E-state index contributed by atoms with van der Waals surface area (Å²) in [5.74, 6) is 1.52. The van der Waals surface area contributed by atoms with Gasteiger partial charge in [0.1, 0.15) is 18.2 Å². The largest absolute Gasteiger partial charge is 0.492 e. The van der Waals surface area contributed by atoms with E-state index in [-0.39, 0.29) is 23.8 Å². The van der Waals surface area contributed by atoms with Gasteiger partial charge >= 0.3 is 6.01 Å². The number of aromatic nitrogens is 2. The number of ether oxygens (including phenoxy) is 2. The van der Waals surface area contributed by atoms with Crippen molar-refractivity contribution in [1.82, 2.24) is 19.8 Å². The predicted molar refractivity (Wildman–Crippen MR) is 157 cm³/mol. The number of benzene rings is 1. The molecular formula is C31H37ClN6O3. The van der Waals surface area contributed by atoms with Gasteiger partial charge < -0.3 is 24.2 Å². The number of nitrogens with zero attached hydrogens (tertiary/aromatic N) is 6. The molecule has 1 aliphatic carbocycles. The third-order valence-corrected chi connectivity index (χ3v) is 9.72. The fraction of sp³-hybridized carbons (Fsp3) is 0.548. The maximum atomic E-state index is 12.5. The van der Waals surface area contributed by atoms with Crippen molar-refractivity contribution in [3.05, 3.63) is 52.7 Å². The molecule has 2 fully saturated rings. The quantitative estimate of drug-likeness (QED) is 0.478. The molecule has 1 spiro atoms. The molecule has 0 radical (unpaired) electrons. The lowest BCUT2D eigenvalue weighted by atomic mass is 9.66. The van der Waals surface area contributed by atoms with Crippen molar-refractivity contribution in [2.75, 3.05) is 51.3 Å². The minimum Gasteiger partial charge on any atom is -0.492 e. The molecule has 3 aliphatic heterocycles. The Kier molecular flexibility index (Phi) is 7.80. The second-order valence-corrected chi connectivity index (χ2v) is 12.1. The molecule has 1 unspecified atom stereocenters. The van der Waals surface area contributed by atoms with Gasteiger partial charge in [0.2, 0.25) is 5.91 Å². The van der Waals surface area contributed by atoms with Gasteiger partial charge in [-0.1, -0.05) is 30.3 Å². The average molecular weight is 577 g/mol. The number of hydrogen-bond donors (Lipinski definition) is 0. The van der Waals surface area contributed by atoms with Crippen LogP contribution in [0.4, 0.5) is 5.82 Å². The molecule has 1 amide bonds. The third kappa shape index (κ3) is 5.24. The lowest BCUT2D eigenvalue weighted by molar-refractivity contribution is -0.128. The first-order valence-corrected chi connectivity index (χ1v) is 15.0. The molecule has 4 heterocycles. The number of halogens is 1. The summed E-state index contributed by atoms with van der Waals surface area (Å²) in [6, 6.07) is 8.81. The topological polar surface area (TPSA) is 94.8 Å². The molecule has 9 nitrogen and oxygen atoms in total. The van der Waals surface area contributed by atoms with E-state index >= 15 is 0 Å². The number of fused-ring (bicyclic) bond motifs is 3. The smallest absolute Gasteiger partial charge is 0.318 e. The van der Waals surface area contributed by atoms with Crippen LogP contribution in [-0.4, -0.2) is 84.2 Å². The molecule has 216 valence electrons. The summed E-state index contributed by atoms with van der Waals surface area (Å²) in [7, 11) is 2.14. The van der Waals surface area contributed by atoms with Gasteiger partial charge in [-0.15, -0.1) is 0 Å². The minimum absolute atomic E-state index is 0.113. The molecule has 41 heavy (non-hydrogen) atoms. The molecule has 1 aromatic heterocycles. The Morgan fingerprint density at radius 1 is 1.29 bits per heavy atom. The van der Waals surface area contributed by atoms with E-state index in [1.54, 1.807) is 4.90 Å². The molecule has 2 saturated heterocycles. The highest BCUT2D eigenvalue weighted by atomic mass is 35.5. The zero-order valence-corrected chi connectivity index (χ0v) is 24.4. The van der Waals surface area contributed by atoms with Crippen LogP contribution >= 0.6 is 11.6 Å². The van der Waals surface area contributed by atoms with Gasteiger partial charge in [-0.3, -0.25) is 4.79 Å². The van der Waals surface area contributed by atoms with E-state index in [0.717, 1.165) is 67.0 Å². The number of carbonyl (C=O) groups is 1. The molecular weight excluding hydrogens is 540 g/mol. The van der Waals surface area contributed by atoms with E-state index in [4.69, 9.17) is 31.0 Å². The molecule has 3 atom stereocenters. The number of para-hydroxylation sites is 1. The molecule has 6 rings (SSSR count).